The summed E-state index contributed by atoms with van der Waals surface area (Å²) in [6.07, 6.45) is 8.80. The number of hydrogen-bond donors (Lipinski definition) is 0. The Labute approximate surface area is 134 Å². The van der Waals surface area contributed by atoms with E-state index in [1.54, 1.807) is 0 Å². The average molecular weight is 318 g/mol. The fourth-order valence-electron chi connectivity index (χ4n) is 4.66. The average Bonchev–Trinajstić information content (AvgIpc) is 2.48. The number of hydrogen-bond acceptors (Lipinski definition) is 0. The first-order valence-electron chi connectivity index (χ1n) is 9.42. The summed E-state index contributed by atoms with van der Waals surface area (Å²) in [5, 5.41) is 0. The van der Waals surface area contributed by atoms with Crippen molar-refractivity contribution in [2.24, 2.45) is 23.2 Å². The van der Waals surface area contributed by atoms with Crippen molar-refractivity contribution in [2.45, 2.75) is 97.1 Å². The monoisotopic (exact) mass is 318 g/mol. The van der Waals surface area contributed by atoms with Gasteiger partial charge in [-0.3, -0.25) is 0 Å². The molecule has 2 aliphatic rings. The Kier molecular flexibility index (Phi) is 6.24. The highest BCUT2D eigenvalue weighted by Crippen LogP contribution is 2.52. The minimum Gasteiger partial charge on any atom is -0.171 e. The van der Waals surface area contributed by atoms with Gasteiger partial charge in [0, 0.05) is 0 Å². The van der Waals surface area contributed by atoms with E-state index in [-0.39, 0.29) is 0 Å². The molecule has 0 spiro atoms. The summed E-state index contributed by atoms with van der Waals surface area (Å²) in [5.74, 6) is 2.17. The Morgan fingerprint density at radius 2 is 1.41 bits per heavy atom. The first kappa shape index (κ1) is 18.1. The van der Waals surface area contributed by atoms with Gasteiger partial charge in [0.05, 0.1) is 5.41 Å². The van der Waals surface area contributed by atoms with Crippen LogP contribution in [0.25, 0.3) is 0 Å². The molecular weight excluding hydrogens is 285 g/mol. The molecule has 0 nitrogen and oxygen atoms in total. The molecule has 130 valence electrons. The number of alkyl halides is 3. The van der Waals surface area contributed by atoms with E-state index in [0.29, 0.717) is 24.7 Å². The van der Waals surface area contributed by atoms with Crippen LogP contribution in [0.1, 0.15) is 90.9 Å². The number of halogens is 3. The molecule has 0 bridgehead atoms. The van der Waals surface area contributed by atoms with Crippen molar-refractivity contribution in [1.82, 2.24) is 0 Å². The Morgan fingerprint density at radius 1 is 0.864 bits per heavy atom. The van der Waals surface area contributed by atoms with E-state index >= 15 is 0 Å². The molecule has 2 fully saturated rings. The van der Waals surface area contributed by atoms with Gasteiger partial charge in [-0.2, -0.15) is 13.2 Å². The molecular formula is C19H33F3. The van der Waals surface area contributed by atoms with Gasteiger partial charge in [-0.15, -0.1) is 0 Å². The molecule has 0 aromatic rings. The van der Waals surface area contributed by atoms with Crippen molar-refractivity contribution >= 4 is 0 Å². The van der Waals surface area contributed by atoms with Crippen molar-refractivity contribution in [2.75, 3.05) is 0 Å². The van der Waals surface area contributed by atoms with Crippen LogP contribution in [0.5, 0.6) is 0 Å². The van der Waals surface area contributed by atoms with E-state index in [0.717, 1.165) is 18.8 Å². The van der Waals surface area contributed by atoms with Crippen molar-refractivity contribution in [3.8, 4) is 0 Å². The highest BCUT2D eigenvalue weighted by molar-refractivity contribution is 4.90. The van der Waals surface area contributed by atoms with Crippen LogP contribution in [0.15, 0.2) is 0 Å². The summed E-state index contributed by atoms with van der Waals surface area (Å²) in [5.41, 5.74) is -1.42. The summed E-state index contributed by atoms with van der Waals surface area (Å²) in [4.78, 5) is 0. The minimum absolute atomic E-state index is 0.345. The van der Waals surface area contributed by atoms with Gasteiger partial charge in [-0.25, -0.2) is 0 Å². The second kappa shape index (κ2) is 7.57. The SMILES string of the molecule is CCCCCC1CCC(C2CCC(C)(C(F)(F)F)CC2)CC1. The third-order valence-electron chi connectivity index (χ3n) is 6.59. The first-order chi connectivity index (χ1) is 10.4. The summed E-state index contributed by atoms with van der Waals surface area (Å²) in [6, 6.07) is 0. The summed E-state index contributed by atoms with van der Waals surface area (Å²) < 4.78 is 39.3. The van der Waals surface area contributed by atoms with E-state index in [1.807, 2.05) is 0 Å². The van der Waals surface area contributed by atoms with Crippen molar-refractivity contribution in [3.63, 3.8) is 0 Å². The molecule has 2 saturated carbocycles. The zero-order valence-electron chi connectivity index (χ0n) is 14.4. The van der Waals surface area contributed by atoms with E-state index in [9.17, 15) is 13.2 Å². The maximum Gasteiger partial charge on any atom is 0.394 e. The van der Waals surface area contributed by atoms with Gasteiger partial charge in [0.25, 0.3) is 0 Å². The summed E-state index contributed by atoms with van der Waals surface area (Å²) in [7, 11) is 0. The van der Waals surface area contributed by atoms with Crippen LogP contribution in [0.2, 0.25) is 0 Å². The topological polar surface area (TPSA) is 0 Å². The summed E-state index contributed by atoms with van der Waals surface area (Å²) in [6.45, 7) is 3.67. The van der Waals surface area contributed by atoms with Crippen LogP contribution in [-0.4, -0.2) is 6.18 Å². The molecule has 0 aliphatic heterocycles. The molecule has 0 aromatic carbocycles. The number of unbranched alkanes of at least 4 members (excludes halogenated alkanes) is 2. The van der Waals surface area contributed by atoms with Crippen LogP contribution in [0.4, 0.5) is 13.2 Å². The van der Waals surface area contributed by atoms with Gasteiger partial charge in [0.1, 0.15) is 0 Å². The molecule has 0 unspecified atom stereocenters. The Hall–Kier alpha value is -0.210. The Morgan fingerprint density at radius 3 is 1.91 bits per heavy atom. The molecule has 2 rings (SSSR count). The highest BCUT2D eigenvalue weighted by atomic mass is 19.4. The molecule has 22 heavy (non-hydrogen) atoms. The fourth-order valence-corrected chi connectivity index (χ4v) is 4.66. The van der Waals surface area contributed by atoms with Gasteiger partial charge in [0.2, 0.25) is 0 Å². The third kappa shape index (κ3) is 4.41. The molecule has 0 atom stereocenters. The van der Waals surface area contributed by atoms with Gasteiger partial charge in [-0.1, -0.05) is 52.4 Å². The lowest BCUT2D eigenvalue weighted by Crippen LogP contribution is -2.40. The van der Waals surface area contributed by atoms with Crippen LogP contribution in [-0.2, 0) is 0 Å². The summed E-state index contributed by atoms with van der Waals surface area (Å²) >= 11 is 0. The third-order valence-corrected chi connectivity index (χ3v) is 6.59. The lowest BCUT2D eigenvalue weighted by Gasteiger charge is -2.42. The van der Waals surface area contributed by atoms with E-state index in [2.05, 4.69) is 6.92 Å². The lowest BCUT2D eigenvalue weighted by atomic mass is 9.64. The second-order valence-corrected chi connectivity index (χ2v) is 8.17. The van der Waals surface area contributed by atoms with Crippen LogP contribution in [0, 0.1) is 23.2 Å². The predicted molar refractivity (Wildman–Crippen MR) is 85.7 cm³/mol. The first-order valence-corrected chi connectivity index (χ1v) is 9.42. The molecule has 0 amide bonds. The molecule has 0 radical (unpaired) electrons. The largest absolute Gasteiger partial charge is 0.394 e. The predicted octanol–water partition coefficient (Wildman–Crippen LogP) is 7.13. The standard InChI is InChI=1S/C19H33F3/c1-3-4-5-6-15-7-9-16(10-8-15)17-11-13-18(2,14-12-17)19(20,21)22/h15-17H,3-14H2,1-2H3. The lowest BCUT2D eigenvalue weighted by molar-refractivity contribution is -0.231. The maximum atomic E-state index is 13.1. The molecule has 0 saturated heterocycles. The zero-order valence-corrected chi connectivity index (χ0v) is 14.4. The van der Waals surface area contributed by atoms with Crippen molar-refractivity contribution in [1.29, 1.82) is 0 Å². The number of rotatable bonds is 5. The second-order valence-electron chi connectivity index (χ2n) is 8.17. The zero-order chi connectivity index (χ0) is 16.2. The van der Waals surface area contributed by atoms with Crippen molar-refractivity contribution in [3.05, 3.63) is 0 Å². The minimum atomic E-state index is -4.02. The molecule has 3 heteroatoms. The van der Waals surface area contributed by atoms with E-state index in [4.69, 9.17) is 0 Å². The van der Waals surface area contributed by atoms with Gasteiger partial charge in [-0.05, 0) is 56.3 Å². The van der Waals surface area contributed by atoms with E-state index in [1.165, 1.54) is 58.3 Å². The highest BCUT2D eigenvalue weighted by Gasteiger charge is 2.52. The van der Waals surface area contributed by atoms with Crippen LogP contribution >= 0.6 is 0 Å². The normalized spacial score (nSPS) is 37.2. The Bertz CT molecular complexity index is 318. The molecule has 0 aromatic heterocycles. The smallest absolute Gasteiger partial charge is 0.171 e. The molecule has 0 heterocycles. The molecule has 0 N–H and O–H groups in total. The van der Waals surface area contributed by atoms with Crippen LogP contribution in [0.3, 0.4) is 0 Å². The molecule has 2 aliphatic carbocycles. The van der Waals surface area contributed by atoms with E-state index < -0.39 is 11.6 Å². The van der Waals surface area contributed by atoms with Crippen molar-refractivity contribution < 1.29 is 13.2 Å². The maximum absolute atomic E-state index is 13.1. The quantitative estimate of drug-likeness (QED) is 0.473. The Balaban J connectivity index is 1.73. The van der Waals surface area contributed by atoms with Gasteiger partial charge < -0.3 is 0 Å². The fraction of sp³-hybridized carbons (Fsp3) is 1.00. The van der Waals surface area contributed by atoms with Gasteiger partial charge >= 0.3 is 6.18 Å². The van der Waals surface area contributed by atoms with Gasteiger partial charge in [0.15, 0.2) is 0 Å². The van der Waals surface area contributed by atoms with Crippen LogP contribution < -0.4 is 0 Å².